The summed E-state index contributed by atoms with van der Waals surface area (Å²) in [5.74, 6) is 1.51. The van der Waals surface area contributed by atoms with E-state index in [1.165, 1.54) is 6.42 Å². The van der Waals surface area contributed by atoms with E-state index in [1.807, 2.05) is 23.8 Å². The topological polar surface area (TPSA) is 74.5 Å². The van der Waals surface area contributed by atoms with Gasteiger partial charge in [-0.3, -0.25) is 0 Å². The first-order valence-electron chi connectivity index (χ1n) is 7.24. The van der Waals surface area contributed by atoms with Gasteiger partial charge in [-0.25, -0.2) is 9.97 Å². The van der Waals surface area contributed by atoms with Crippen molar-refractivity contribution in [3.63, 3.8) is 0 Å². The number of hydrogen-bond donors (Lipinski definition) is 3. The molecular weight excluding hydrogens is 254 g/mol. The average Bonchev–Trinajstić information content (AvgIpc) is 2.84. The van der Waals surface area contributed by atoms with E-state index in [0.717, 1.165) is 43.0 Å². The molecule has 2 heterocycles. The molecule has 108 valence electrons. The minimum absolute atomic E-state index is 0.0533. The first-order chi connectivity index (χ1) is 9.78. The van der Waals surface area contributed by atoms with E-state index >= 15 is 0 Å². The largest absolute Gasteiger partial charge is 0.391 e. The lowest BCUT2D eigenvalue weighted by Crippen LogP contribution is -2.33. The molecule has 0 aromatic carbocycles. The van der Waals surface area contributed by atoms with Gasteiger partial charge in [0.2, 0.25) is 0 Å². The molecule has 3 N–H and O–H groups in total. The normalized spacial score (nSPS) is 23.5. The predicted octanol–water partition coefficient (Wildman–Crippen LogP) is 1.88. The van der Waals surface area contributed by atoms with E-state index in [1.54, 1.807) is 6.20 Å². The van der Waals surface area contributed by atoms with E-state index in [2.05, 4.69) is 20.6 Å². The number of hydrogen-bond acceptors (Lipinski definition) is 5. The van der Waals surface area contributed by atoms with Crippen LogP contribution in [0.2, 0.25) is 0 Å². The molecule has 1 aliphatic rings. The second kappa shape index (κ2) is 5.66. The number of aromatic nitrogens is 3. The Hall–Kier alpha value is -1.82. The zero-order chi connectivity index (χ0) is 13.9. The predicted molar refractivity (Wildman–Crippen MR) is 79.0 cm³/mol. The Balaban J connectivity index is 1.90. The van der Waals surface area contributed by atoms with Crippen LogP contribution in [0.3, 0.4) is 0 Å². The molecule has 3 rings (SSSR count). The van der Waals surface area contributed by atoms with Crippen LogP contribution in [0.5, 0.6) is 0 Å². The monoisotopic (exact) mass is 275 g/mol. The molecule has 0 spiro atoms. The van der Waals surface area contributed by atoms with Gasteiger partial charge in [0, 0.05) is 19.4 Å². The number of imidazole rings is 1. The van der Waals surface area contributed by atoms with Crippen molar-refractivity contribution in [1.82, 2.24) is 14.4 Å². The van der Waals surface area contributed by atoms with Crippen LogP contribution in [0.4, 0.5) is 11.6 Å². The molecule has 1 fully saturated rings. The Morgan fingerprint density at radius 1 is 1.30 bits per heavy atom. The third-order valence-electron chi connectivity index (χ3n) is 3.93. The molecule has 2 unspecified atom stereocenters. The second-order valence-corrected chi connectivity index (χ2v) is 5.34. The fraction of sp³-hybridized carbons (Fsp3) is 0.571. The van der Waals surface area contributed by atoms with Crippen molar-refractivity contribution >= 4 is 17.3 Å². The van der Waals surface area contributed by atoms with Crippen molar-refractivity contribution < 1.29 is 5.11 Å². The van der Waals surface area contributed by atoms with E-state index in [9.17, 15) is 5.11 Å². The van der Waals surface area contributed by atoms with Crippen LogP contribution in [-0.4, -0.2) is 38.7 Å². The Labute approximate surface area is 118 Å². The Kier molecular flexibility index (Phi) is 3.73. The zero-order valence-electron chi connectivity index (χ0n) is 11.7. The van der Waals surface area contributed by atoms with Crippen LogP contribution in [0.25, 0.3) is 5.65 Å². The summed E-state index contributed by atoms with van der Waals surface area (Å²) in [5.41, 5.74) is 0.792. The maximum Gasteiger partial charge on any atom is 0.180 e. The minimum Gasteiger partial charge on any atom is -0.391 e. The third kappa shape index (κ3) is 2.56. The first kappa shape index (κ1) is 13.2. The van der Waals surface area contributed by atoms with Gasteiger partial charge in [0.25, 0.3) is 0 Å². The molecule has 6 heteroatoms. The van der Waals surface area contributed by atoms with Gasteiger partial charge in [-0.15, -0.1) is 0 Å². The summed E-state index contributed by atoms with van der Waals surface area (Å²) < 4.78 is 1.93. The maximum absolute atomic E-state index is 10.2. The highest BCUT2D eigenvalue weighted by Crippen LogP contribution is 2.23. The fourth-order valence-electron chi connectivity index (χ4n) is 2.78. The molecule has 1 aliphatic carbocycles. The highest BCUT2D eigenvalue weighted by atomic mass is 16.3. The van der Waals surface area contributed by atoms with Crippen LogP contribution in [0.1, 0.15) is 32.1 Å². The van der Waals surface area contributed by atoms with Crippen LogP contribution >= 0.6 is 0 Å². The van der Waals surface area contributed by atoms with Crippen LogP contribution in [0, 0.1) is 0 Å². The van der Waals surface area contributed by atoms with Gasteiger partial charge in [-0.1, -0.05) is 19.3 Å². The van der Waals surface area contributed by atoms with Crippen molar-refractivity contribution in [2.24, 2.45) is 0 Å². The SMILES string of the molecule is CNc1cn2ccnc2c(NC2CCCCCC2O)n1. The van der Waals surface area contributed by atoms with Crippen LogP contribution < -0.4 is 10.6 Å². The van der Waals surface area contributed by atoms with Gasteiger partial charge in [0.1, 0.15) is 5.82 Å². The van der Waals surface area contributed by atoms with Crippen molar-refractivity contribution in [2.45, 2.75) is 44.2 Å². The first-order valence-corrected chi connectivity index (χ1v) is 7.24. The van der Waals surface area contributed by atoms with Crippen molar-refractivity contribution in [1.29, 1.82) is 0 Å². The van der Waals surface area contributed by atoms with E-state index in [4.69, 9.17) is 0 Å². The molecule has 1 saturated carbocycles. The quantitative estimate of drug-likeness (QED) is 0.746. The Morgan fingerprint density at radius 2 is 2.15 bits per heavy atom. The summed E-state index contributed by atoms with van der Waals surface area (Å²) in [5, 5.41) is 16.7. The summed E-state index contributed by atoms with van der Waals surface area (Å²) >= 11 is 0. The molecular formula is C14H21N5O. The molecule has 0 aliphatic heterocycles. The van der Waals surface area contributed by atoms with Crippen molar-refractivity contribution in [3.8, 4) is 0 Å². The van der Waals surface area contributed by atoms with Gasteiger partial charge >= 0.3 is 0 Å². The lowest BCUT2D eigenvalue weighted by Gasteiger charge is -2.22. The number of aliphatic hydroxyl groups is 1. The lowest BCUT2D eigenvalue weighted by atomic mass is 10.1. The summed E-state index contributed by atoms with van der Waals surface area (Å²) in [4.78, 5) is 8.87. The molecule has 0 saturated heterocycles. The number of aliphatic hydroxyl groups excluding tert-OH is 1. The van der Waals surface area contributed by atoms with Crippen molar-refractivity contribution in [2.75, 3.05) is 17.7 Å². The standard InChI is InChI=1S/C14H21N5O/c1-15-12-9-19-8-7-16-14(19)13(18-12)17-10-5-3-2-4-6-11(10)20/h7-11,15,20H,2-6H2,1H3,(H,17,18). The highest BCUT2D eigenvalue weighted by Gasteiger charge is 2.23. The van der Waals surface area contributed by atoms with Crippen molar-refractivity contribution in [3.05, 3.63) is 18.6 Å². The zero-order valence-corrected chi connectivity index (χ0v) is 11.7. The Morgan fingerprint density at radius 3 is 3.00 bits per heavy atom. The average molecular weight is 275 g/mol. The van der Waals surface area contributed by atoms with Crippen LogP contribution in [-0.2, 0) is 0 Å². The summed E-state index contributed by atoms with van der Waals surface area (Å²) in [6.07, 6.45) is 10.5. The van der Waals surface area contributed by atoms with E-state index < -0.39 is 0 Å². The summed E-state index contributed by atoms with van der Waals surface area (Å²) in [6, 6.07) is 0.0533. The number of nitrogens with zero attached hydrogens (tertiary/aromatic N) is 3. The van der Waals surface area contributed by atoms with Gasteiger partial charge < -0.3 is 20.1 Å². The molecule has 20 heavy (non-hydrogen) atoms. The molecule has 2 aromatic rings. The second-order valence-electron chi connectivity index (χ2n) is 5.34. The highest BCUT2D eigenvalue weighted by molar-refractivity contribution is 5.65. The smallest absolute Gasteiger partial charge is 0.180 e. The minimum atomic E-state index is -0.312. The number of nitrogens with one attached hydrogen (secondary N) is 2. The Bertz CT molecular complexity index is 582. The van der Waals surface area contributed by atoms with Gasteiger partial charge in [-0.05, 0) is 12.8 Å². The molecule has 2 atom stereocenters. The number of fused-ring (bicyclic) bond motifs is 1. The lowest BCUT2D eigenvalue weighted by molar-refractivity contribution is 0.144. The molecule has 0 radical (unpaired) electrons. The summed E-state index contributed by atoms with van der Waals surface area (Å²) in [6.45, 7) is 0. The molecule has 0 bridgehead atoms. The van der Waals surface area contributed by atoms with E-state index in [0.29, 0.717) is 0 Å². The van der Waals surface area contributed by atoms with Gasteiger partial charge in [0.05, 0.1) is 18.3 Å². The number of rotatable bonds is 3. The van der Waals surface area contributed by atoms with Crippen LogP contribution in [0.15, 0.2) is 18.6 Å². The fourth-order valence-corrected chi connectivity index (χ4v) is 2.78. The molecule has 0 amide bonds. The number of anilines is 2. The van der Waals surface area contributed by atoms with Gasteiger partial charge in [-0.2, -0.15) is 0 Å². The van der Waals surface area contributed by atoms with E-state index in [-0.39, 0.29) is 12.1 Å². The molecule has 2 aromatic heterocycles. The third-order valence-corrected chi connectivity index (χ3v) is 3.93. The maximum atomic E-state index is 10.2. The summed E-state index contributed by atoms with van der Waals surface area (Å²) in [7, 11) is 1.84. The van der Waals surface area contributed by atoms with Gasteiger partial charge in [0.15, 0.2) is 11.5 Å². The molecule has 6 nitrogen and oxygen atoms in total.